The van der Waals surface area contributed by atoms with Crippen LogP contribution in [-0.2, 0) is 13.1 Å². The highest BCUT2D eigenvalue weighted by atomic mass is 16.5. The number of nitrogens with two attached hydrogens (primary N) is 1. The molecule has 2 aromatic heterocycles. The number of nitrogens with one attached hydrogen (secondary N) is 2. The number of nitrogens with zero attached hydrogens (tertiary/aromatic N) is 3. The van der Waals surface area contributed by atoms with E-state index in [1.54, 1.807) is 7.11 Å². The zero-order valence-electron chi connectivity index (χ0n) is 22.9. The van der Waals surface area contributed by atoms with Crippen LogP contribution in [-0.4, -0.2) is 56.7 Å². The van der Waals surface area contributed by atoms with Crippen molar-refractivity contribution in [2.24, 2.45) is 0 Å². The molecule has 1 saturated carbocycles. The van der Waals surface area contributed by atoms with E-state index in [1.807, 2.05) is 18.2 Å². The predicted octanol–water partition coefficient (Wildman–Crippen LogP) is 4.19. The highest BCUT2D eigenvalue weighted by Gasteiger charge is 2.25. The lowest BCUT2D eigenvalue weighted by atomic mass is 10.1. The first-order valence-electron chi connectivity index (χ1n) is 14.0. The SMILES string of the molecule is CCC[C@@H](CCO)Nc1nc(N)nc2c3ccccc3n(Cc3cc(CN[C@H]4CCC[C@H]4O)ccc3OC)c12. The second kappa shape index (κ2) is 12.2. The molecule has 1 fully saturated rings. The van der Waals surface area contributed by atoms with Crippen molar-refractivity contribution in [1.29, 1.82) is 0 Å². The summed E-state index contributed by atoms with van der Waals surface area (Å²) in [5, 5.41) is 28.0. The number of para-hydroxylation sites is 1. The first-order chi connectivity index (χ1) is 19.0. The van der Waals surface area contributed by atoms with E-state index < -0.39 is 0 Å². The summed E-state index contributed by atoms with van der Waals surface area (Å²) in [7, 11) is 1.69. The molecule has 0 aliphatic heterocycles. The fourth-order valence-electron chi connectivity index (χ4n) is 5.86. The Balaban J connectivity index is 1.56. The molecule has 2 heterocycles. The van der Waals surface area contributed by atoms with Crippen molar-refractivity contribution < 1.29 is 14.9 Å². The summed E-state index contributed by atoms with van der Waals surface area (Å²) in [4.78, 5) is 9.29. The van der Waals surface area contributed by atoms with Crippen LogP contribution in [0.3, 0.4) is 0 Å². The molecule has 1 aliphatic carbocycles. The van der Waals surface area contributed by atoms with Crippen LogP contribution < -0.4 is 21.1 Å². The number of hydrogen-bond acceptors (Lipinski definition) is 8. The number of methoxy groups -OCH3 is 1. The van der Waals surface area contributed by atoms with E-state index in [-0.39, 0.29) is 30.7 Å². The number of ether oxygens (including phenoxy) is 1. The van der Waals surface area contributed by atoms with Crippen molar-refractivity contribution in [1.82, 2.24) is 19.9 Å². The molecule has 0 radical (unpaired) electrons. The molecule has 0 unspecified atom stereocenters. The van der Waals surface area contributed by atoms with Crippen LogP contribution in [0.2, 0.25) is 0 Å². The number of aromatic nitrogens is 3. The molecule has 1 aliphatic rings. The lowest BCUT2D eigenvalue weighted by Crippen LogP contribution is -2.35. The average molecular weight is 533 g/mol. The van der Waals surface area contributed by atoms with Gasteiger partial charge in [0.2, 0.25) is 5.95 Å². The number of aliphatic hydroxyl groups excluding tert-OH is 2. The first kappa shape index (κ1) is 27.2. The van der Waals surface area contributed by atoms with Gasteiger partial charge >= 0.3 is 0 Å². The topological polar surface area (TPSA) is 130 Å². The van der Waals surface area contributed by atoms with Crippen LogP contribution in [0, 0.1) is 0 Å². The summed E-state index contributed by atoms with van der Waals surface area (Å²) in [6.07, 6.45) is 5.16. The summed E-state index contributed by atoms with van der Waals surface area (Å²) in [6, 6.07) is 14.6. The van der Waals surface area contributed by atoms with Gasteiger partial charge in [-0.05, 0) is 55.9 Å². The zero-order chi connectivity index (χ0) is 27.4. The highest BCUT2D eigenvalue weighted by molar-refractivity contribution is 6.09. The number of anilines is 2. The maximum atomic E-state index is 10.2. The molecule has 208 valence electrons. The number of aliphatic hydroxyl groups is 2. The van der Waals surface area contributed by atoms with Gasteiger partial charge in [-0.3, -0.25) is 0 Å². The van der Waals surface area contributed by atoms with Crippen LogP contribution in [0.4, 0.5) is 11.8 Å². The first-order valence-corrected chi connectivity index (χ1v) is 14.0. The van der Waals surface area contributed by atoms with Gasteiger partial charge in [-0.25, -0.2) is 4.98 Å². The van der Waals surface area contributed by atoms with Gasteiger partial charge in [-0.1, -0.05) is 37.6 Å². The van der Waals surface area contributed by atoms with Crippen LogP contribution in [0.25, 0.3) is 21.9 Å². The third kappa shape index (κ3) is 5.80. The normalized spacial score (nSPS) is 18.2. The predicted molar refractivity (Wildman–Crippen MR) is 156 cm³/mol. The molecule has 3 atom stereocenters. The Bertz CT molecular complexity index is 1420. The summed E-state index contributed by atoms with van der Waals surface area (Å²) in [6.45, 7) is 3.46. The average Bonchev–Trinajstić information content (AvgIpc) is 3.48. The van der Waals surface area contributed by atoms with Gasteiger partial charge < -0.3 is 35.9 Å². The van der Waals surface area contributed by atoms with Gasteiger partial charge in [0.25, 0.3) is 0 Å². The molecule has 0 spiro atoms. The van der Waals surface area contributed by atoms with Gasteiger partial charge in [0.15, 0.2) is 5.82 Å². The standard InChI is InChI=1S/C30H40N6O3/c1-3-7-21(14-15-37)33-29-28-27(34-30(31)35-29)22-8-4-5-10-24(22)36(28)18-20-16-19(12-13-26(20)39-2)17-32-23-9-6-11-25(23)38/h4-5,8,10,12-13,16,21,23,25,32,37-38H,3,6-7,9,11,14-15,17-18H2,1-2H3,(H3,31,33,34,35)/t21-,23-,25+/m0/s1. The second-order valence-electron chi connectivity index (χ2n) is 10.5. The van der Waals surface area contributed by atoms with Crippen LogP contribution in [0.5, 0.6) is 5.75 Å². The molecule has 0 saturated heterocycles. The Labute approximate surface area is 229 Å². The van der Waals surface area contributed by atoms with E-state index in [0.717, 1.165) is 70.9 Å². The van der Waals surface area contributed by atoms with Gasteiger partial charge in [0.1, 0.15) is 16.8 Å². The molecule has 9 nitrogen and oxygen atoms in total. The smallest absolute Gasteiger partial charge is 0.222 e. The van der Waals surface area contributed by atoms with Crippen molar-refractivity contribution in [3.63, 3.8) is 0 Å². The molecule has 0 bridgehead atoms. The molecule has 2 aromatic carbocycles. The Morgan fingerprint density at radius 2 is 2.00 bits per heavy atom. The Hall–Kier alpha value is -3.40. The number of hydrogen-bond donors (Lipinski definition) is 5. The van der Waals surface area contributed by atoms with Crippen molar-refractivity contribution in [3.8, 4) is 5.75 Å². The van der Waals surface area contributed by atoms with Crippen molar-refractivity contribution in [2.75, 3.05) is 24.8 Å². The molecule has 9 heteroatoms. The molecule has 4 aromatic rings. The maximum Gasteiger partial charge on any atom is 0.222 e. The zero-order valence-corrected chi connectivity index (χ0v) is 22.9. The minimum Gasteiger partial charge on any atom is -0.496 e. The van der Waals surface area contributed by atoms with Gasteiger partial charge in [0, 0.05) is 36.2 Å². The second-order valence-corrected chi connectivity index (χ2v) is 10.5. The third-order valence-electron chi connectivity index (χ3n) is 7.80. The molecule has 5 rings (SSSR count). The van der Waals surface area contributed by atoms with Gasteiger partial charge in [0.05, 0.1) is 25.3 Å². The van der Waals surface area contributed by atoms with E-state index in [4.69, 9.17) is 10.5 Å². The fraction of sp³-hybridized carbons (Fsp3) is 0.467. The van der Waals surface area contributed by atoms with Crippen LogP contribution in [0.1, 0.15) is 56.6 Å². The Morgan fingerprint density at radius 3 is 2.74 bits per heavy atom. The molecular formula is C30H40N6O3. The number of rotatable bonds is 12. The number of nitrogen functional groups attached to an aromatic ring is 1. The third-order valence-corrected chi connectivity index (χ3v) is 7.80. The summed E-state index contributed by atoms with van der Waals surface area (Å²) in [5.74, 6) is 1.69. The van der Waals surface area contributed by atoms with E-state index in [2.05, 4.69) is 56.4 Å². The van der Waals surface area contributed by atoms with E-state index >= 15 is 0 Å². The summed E-state index contributed by atoms with van der Waals surface area (Å²) >= 11 is 0. The fourth-order valence-corrected chi connectivity index (χ4v) is 5.86. The quantitative estimate of drug-likeness (QED) is 0.184. The summed E-state index contributed by atoms with van der Waals surface area (Å²) in [5.41, 5.74) is 11.1. The minimum absolute atomic E-state index is 0.0684. The van der Waals surface area contributed by atoms with Gasteiger partial charge in [-0.2, -0.15) is 4.98 Å². The van der Waals surface area contributed by atoms with E-state index in [9.17, 15) is 10.2 Å². The van der Waals surface area contributed by atoms with E-state index in [0.29, 0.717) is 25.3 Å². The Morgan fingerprint density at radius 1 is 1.15 bits per heavy atom. The largest absolute Gasteiger partial charge is 0.496 e. The number of fused-ring (bicyclic) bond motifs is 3. The van der Waals surface area contributed by atoms with Crippen LogP contribution in [0.15, 0.2) is 42.5 Å². The number of benzene rings is 2. The lowest BCUT2D eigenvalue weighted by molar-refractivity contribution is 0.148. The minimum atomic E-state index is -0.277. The van der Waals surface area contributed by atoms with E-state index in [1.165, 1.54) is 0 Å². The van der Waals surface area contributed by atoms with Crippen molar-refractivity contribution >= 4 is 33.7 Å². The Kier molecular flexibility index (Phi) is 8.50. The molecule has 0 amide bonds. The molecule has 6 N–H and O–H groups in total. The maximum absolute atomic E-state index is 10.2. The highest BCUT2D eigenvalue weighted by Crippen LogP contribution is 2.35. The van der Waals surface area contributed by atoms with Crippen LogP contribution >= 0.6 is 0 Å². The van der Waals surface area contributed by atoms with Crippen molar-refractivity contribution in [3.05, 3.63) is 53.6 Å². The molecular weight excluding hydrogens is 492 g/mol. The lowest BCUT2D eigenvalue weighted by Gasteiger charge is -2.20. The monoisotopic (exact) mass is 532 g/mol. The molecule has 39 heavy (non-hydrogen) atoms. The summed E-state index contributed by atoms with van der Waals surface area (Å²) < 4.78 is 8.00. The van der Waals surface area contributed by atoms with Gasteiger partial charge in [-0.15, -0.1) is 0 Å². The van der Waals surface area contributed by atoms with Crippen molar-refractivity contribution in [2.45, 2.75) is 76.7 Å².